The van der Waals surface area contributed by atoms with Gasteiger partial charge in [0.05, 0.1) is 11.4 Å². The van der Waals surface area contributed by atoms with Crippen molar-refractivity contribution in [2.75, 3.05) is 26.2 Å². The highest BCUT2D eigenvalue weighted by atomic mass is 32.2. The lowest BCUT2D eigenvalue weighted by Gasteiger charge is -2.15. The Kier molecular flexibility index (Phi) is 6.08. The van der Waals surface area contributed by atoms with Crippen molar-refractivity contribution in [2.45, 2.75) is 24.2 Å². The molecular weight excluding hydrogens is 366 g/mol. The largest absolute Gasteiger partial charge is 0.347 e. The smallest absolute Gasteiger partial charge is 0.241 e. The molecule has 0 aromatic heterocycles. The molecule has 2 aromatic rings. The summed E-state index contributed by atoms with van der Waals surface area (Å²) >= 11 is 0. The third-order valence-electron chi connectivity index (χ3n) is 4.57. The van der Waals surface area contributed by atoms with E-state index in [2.05, 4.69) is 10.0 Å². The normalized spacial score (nSPS) is 14.4. The molecule has 0 bridgehead atoms. The Bertz CT molecular complexity index is 937. The molecule has 2 N–H and O–H groups in total. The monoisotopic (exact) mass is 389 g/mol. The highest BCUT2D eigenvalue weighted by molar-refractivity contribution is 7.89. The second-order valence-electron chi connectivity index (χ2n) is 6.52. The summed E-state index contributed by atoms with van der Waals surface area (Å²) in [6.45, 7) is 1.40. The van der Waals surface area contributed by atoms with Crippen molar-refractivity contribution in [3.8, 4) is 0 Å². The van der Waals surface area contributed by atoms with E-state index in [4.69, 9.17) is 0 Å². The number of nitrogens with zero attached hydrogens (tertiary/aromatic N) is 1. The number of likely N-dealkylation sites (tertiary alicyclic amines) is 1. The summed E-state index contributed by atoms with van der Waals surface area (Å²) in [4.78, 5) is 25.6. The minimum Gasteiger partial charge on any atom is -0.347 e. The van der Waals surface area contributed by atoms with Gasteiger partial charge < -0.3 is 10.2 Å². The average Bonchev–Trinajstić information content (AvgIpc) is 3.20. The molecule has 144 valence electrons. The van der Waals surface area contributed by atoms with E-state index in [1.165, 1.54) is 0 Å². The minimum absolute atomic E-state index is 0.0277. The third kappa shape index (κ3) is 5.05. The Labute approximate surface area is 158 Å². The van der Waals surface area contributed by atoms with Crippen molar-refractivity contribution in [3.05, 3.63) is 42.5 Å². The number of fused-ring (bicyclic) bond motifs is 1. The number of hydrogen-bond donors (Lipinski definition) is 2. The molecule has 0 spiro atoms. The number of carbonyl (C=O) groups is 2. The Hall–Kier alpha value is -2.45. The number of sulfonamides is 1. The maximum atomic E-state index is 12.4. The van der Waals surface area contributed by atoms with Crippen molar-refractivity contribution in [3.63, 3.8) is 0 Å². The molecule has 0 unspecified atom stereocenters. The van der Waals surface area contributed by atoms with Gasteiger partial charge in [0.15, 0.2) is 0 Å². The second kappa shape index (κ2) is 8.49. The first-order valence-electron chi connectivity index (χ1n) is 8.99. The number of benzene rings is 2. The van der Waals surface area contributed by atoms with Crippen LogP contribution in [0.3, 0.4) is 0 Å². The lowest BCUT2D eigenvalue weighted by molar-refractivity contribution is -0.132. The van der Waals surface area contributed by atoms with Crippen LogP contribution >= 0.6 is 0 Å². The lowest BCUT2D eigenvalue weighted by atomic mass is 10.1. The molecule has 1 aliphatic heterocycles. The van der Waals surface area contributed by atoms with E-state index in [9.17, 15) is 18.0 Å². The number of carbonyl (C=O) groups excluding carboxylic acids is 2. The zero-order valence-electron chi connectivity index (χ0n) is 15.0. The van der Waals surface area contributed by atoms with Crippen LogP contribution in [0.5, 0.6) is 0 Å². The molecule has 1 heterocycles. The van der Waals surface area contributed by atoms with Crippen LogP contribution in [-0.2, 0) is 19.6 Å². The molecule has 1 fully saturated rings. The van der Waals surface area contributed by atoms with E-state index in [0.717, 1.165) is 36.7 Å². The molecule has 0 atom stereocenters. The summed E-state index contributed by atoms with van der Waals surface area (Å²) in [6, 6.07) is 12.4. The van der Waals surface area contributed by atoms with Gasteiger partial charge in [-0.05, 0) is 35.7 Å². The number of amides is 2. The molecule has 8 heteroatoms. The van der Waals surface area contributed by atoms with Gasteiger partial charge >= 0.3 is 0 Å². The van der Waals surface area contributed by atoms with Crippen molar-refractivity contribution in [1.82, 2.24) is 14.9 Å². The second-order valence-corrected chi connectivity index (χ2v) is 8.29. The molecule has 2 aromatic carbocycles. The lowest BCUT2D eigenvalue weighted by Crippen LogP contribution is -2.39. The molecule has 1 aliphatic rings. The van der Waals surface area contributed by atoms with E-state index >= 15 is 0 Å². The molecular formula is C19H23N3O4S. The van der Waals surface area contributed by atoms with Gasteiger partial charge in [0, 0.05) is 26.1 Å². The van der Waals surface area contributed by atoms with Crippen LogP contribution in [0, 0.1) is 0 Å². The Morgan fingerprint density at radius 3 is 2.44 bits per heavy atom. The first-order chi connectivity index (χ1) is 13.0. The van der Waals surface area contributed by atoms with E-state index < -0.39 is 10.0 Å². The van der Waals surface area contributed by atoms with Gasteiger partial charge in [-0.2, -0.15) is 0 Å². The molecule has 1 saturated heterocycles. The topological polar surface area (TPSA) is 95.6 Å². The van der Waals surface area contributed by atoms with Crippen LogP contribution in [0.15, 0.2) is 47.4 Å². The molecule has 27 heavy (non-hydrogen) atoms. The molecule has 3 rings (SSSR count). The summed E-state index contributed by atoms with van der Waals surface area (Å²) in [5.74, 6) is -0.457. The van der Waals surface area contributed by atoms with Gasteiger partial charge in [-0.1, -0.05) is 30.3 Å². The molecule has 0 radical (unpaired) electrons. The van der Waals surface area contributed by atoms with Crippen LogP contribution in [0.1, 0.15) is 19.3 Å². The maximum absolute atomic E-state index is 12.4. The fraction of sp³-hybridized carbons (Fsp3) is 0.368. The van der Waals surface area contributed by atoms with E-state index in [0.29, 0.717) is 0 Å². The zero-order chi connectivity index (χ0) is 19.3. The molecule has 7 nitrogen and oxygen atoms in total. The number of rotatable bonds is 7. The van der Waals surface area contributed by atoms with Gasteiger partial charge in [-0.3, -0.25) is 9.59 Å². The molecule has 0 saturated carbocycles. The summed E-state index contributed by atoms with van der Waals surface area (Å²) in [5.41, 5.74) is 0. The Morgan fingerprint density at radius 2 is 1.70 bits per heavy atom. The Morgan fingerprint density at radius 1 is 1.00 bits per heavy atom. The van der Waals surface area contributed by atoms with Crippen molar-refractivity contribution >= 4 is 32.6 Å². The van der Waals surface area contributed by atoms with E-state index in [1.54, 1.807) is 23.1 Å². The van der Waals surface area contributed by atoms with Crippen LogP contribution in [0.4, 0.5) is 0 Å². The number of hydrogen-bond acceptors (Lipinski definition) is 4. The quantitative estimate of drug-likeness (QED) is 0.745. The van der Waals surface area contributed by atoms with E-state index in [1.807, 2.05) is 24.3 Å². The number of nitrogens with one attached hydrogen (secondary N) is 2. The summed E-state index contributed by atoms with van der Waals surface area (Å²) in [6.07, 6.45) is 1.96. The van der Waals surface area contributed by atoms with E-state index in [-0.39, 0.29) is 36.2 Å². The fourth-order valence-corrected chi connectivity index (χ4v) is 4.12. The first kappa shape index (κ1) is 19.3. The molecule has 2 amide bonds. The van der Waals surface area contributed by atoms with Crippen molar-refractivity contribution in [2.24, 2.45) is 0 Å². The van der Waals surface area contributed by atoms with Gasteiger partial charge in [0.1, 0.15) is 0 Å². The zero-order valence-corrected chi connectivity index (χ0v) is 15.8. The van der Waals surface area contributed by atoms with Crippen molar-refractivity contribution < 1.29 is 18.0 Å². The summed E-state index contributed by atoms with van der Waals surface area (Å²) < 4.78 is 27.2. The van der Waals surface area contributed by atoms with Gasteiger partial charge in [0.2, 0.25) is 21.8 Å². The van der Waals surface area contributed by atoms with Gasteiger partial charge in [-0.25, -0.2) is 13.1 Å². The predicted octanol–water partition coefficient (Wildman–Crippen LogP) is 1.25. The third-order valence-corrected chi connectivity index (χ3v) is 6.03. The van der Waals surface area contributed by atoms with Crippen molar-refractivity contribution in [1.29, 1.82) is 0 Å². The molecule has 0 aliphatic carbocycles. The summed E-state index contributed by atoms with van der Waals surface area (Å²) in [5, 5.41) is 4.33. The highest BCUT2D eigenvalue weighted by Crippen LogP contribution is 2.18. The SMILES string of the molecule is O=C(CCNS(=O)(=O)c1ccc2ccccc2c1)NCC(=O)N1CCCC1. The highest BCUT2D eigenvalue weighted by Gasteiger charge is 2.18. The van der Waals surface area contributed by atoms with Crippen LogP contribution < -0.4 is 10.0 Å². The van der Waals surface area contributed by atoms with Gasteiger partial charge in [-0.15, -0.1) is 0 Å². The summed E-state index contributed by atoms with van der Waals surface area (Å²) in [7, 11) is -3.70. The maximum Gasteiger partial charge on any atom is 0.241 e. The van der Waals surface area contributed by atoms with Crippen LogP contribution in [0.2, 0.25) is 0 Å². The van der Waals surface area contributed by atoms with Gasteiger partial charge in [0.25, 0.3) is 0 Å². The first-order valence-corrected chi connectivity index (χ1v) is 10.5. The standard InChI is InChI=1S/C19H23N3O4S/c23-18(20-14-19(24)22-11-3-4-12-22)9-10-21-27(25,26)17-8-7-15-5-1-2-6-16(15)13-17/h1-2,5-8,13,21H,3-4,9-12,14H2,(H,20,23). The predicted molar refractivity (Wildman–Crippen MR) is 103 cm³/mol. The fourth-order valence-electron chi connectivity index (χ4n) is 3.06. The van der Waals surface area contributed by atoms with Crippen LogP contribution in [0.25, 0.3) is 10.8 Å². The van der Waals surface area contributed by atoms with Crippen LogP contribution in [-0.4, -0.2) is 51.3 Å². The minimum atomic E-state index is -3.70. The Balaban J connectivity index is 1.48. The average molecular weight is 389 g/mol.